The zero-order valence-corrected chi connectivity index (χ0v) is 23.6. The zero-order valence-electron chi connectivity index (χ0n) is 16.9. The van der Waals surface area contributed by atoms with E-state index in [2.05, 4.69) is 28.1 Å². The molecule has 4 unspecified atom stereocenters. The number of nitrogens with two attached hydrogens (primary N) is 1. The number of rotatable bonds is 8. The Morgan fingerprint density at radius 2 is 1.64 bits per heavy atom. The topological polar surface area (TPSA) is 279 Å². The molecule has 0 saturated carbocycles. The minimum Gasteiger partial charge on any atom is -0.387 e. The van der Waals surface area contributed by atoms with Gasteiger partial charge in [-0.15, -0.1) is 0 Å². The molecule has 1 aliphatic rings. The van der Waals surface area contributed by atoms with E-state index in [1.807, 2.05) is 0 Å². The van der Waals surface area contributed by atoms with Gasteiger partial charge in [0.15, 0.2) is 17.7 Å². The number of aliphatic hydroxyl groups is 2. The first kappa shape index (κ1) is 31.7. The van der Waals surface area contributed by atoms with Crippen LogP contribution in [0.4, 0.5) is 5.82 Å². The third-order valence-electron chi connectivity index (χ3n) is 3.82. The number of nitrogens with zero attached hydrogens (tertiary/aromatic N) is 4. The Balaban J connectivity index is 0.00000272. The van der Waals surface area contributed by atoms with Crippen LogP contribution in [0, 0.1) is 0 Å². The van der Waals surface area contributed by atoms with Gasteiger partial charge in [0, 0.05) is 59.1 Å². The van der Waals surface area contributed by atoms with Crippen LogP contribution in [0.3, 0.4) is 0 Å². The summed E-state index contributed by atoms with van der Waals surface area (Å²) in [5, 5.41) is 20.4. The maximum atomic E-state index is 11.8. The molecule has 6 atom stereocenters. The molecular weight excluding hydrogens is 537 g/mol. The van der Waals surface area contributed by atoms with Crippen molar-refractivity contribution in [1.82, 2.24) is 19.5 Å². The zero-order chi connectivity index (χ0) is 23.2. The fraction of sp³-hybridized carbons (Fsp3) is 0.500. The van der Waals surface area contributed by atoms with Crippen LogP contribution in [0.5, 0.6) is 0 Å². The Morgan fingerprint density at radius 3 is 2.24 bits per heavy atom. The van der Waals surface area contributed by atoms with E-state index in [-0.39, 0.29) is 76.1 Å². The van der Waals surface area contributed by atoms with Crippen LogP contribution in [0.25, 0.3) is 11.2 Å². The van der Waals surface area contributed by atoms with E-state index in [0.29, 0.717) is 0 Å². The van der Waals surface area contributed by atoms with E-state index in [0.717, 1.165) is 6.33 Å². The van der Waals surface area contributed by atoms with Crippen LogP contribution in [0.2, 0.25) is 0 Å². The number of hydrogen-bond donors (Lipinski definition) is 7. The van der Waals surface area contributed by atoms with Gasteiger partial charge in [0.05, 0.1) is 12.9 Å². The number of hydrogen-bond acceptors (Lipinski definition) is 13. The van der Waals surface area contributed by atoms with Crippen molar-refractivity contribution in [3.63, 3.8) is 0 Å². The number of phosphoric ester groups is 1. The Hall–Kier alpha value is 0.640. The van der Waals surface area contributed by atoms with Gasteiger partial charge in [-0.05, 0) is 0 Å². The Labute approximate surface area is 228 Å². The first-order valence-corrected chi connectivity index (χ1v) is 12.4. The molecule has 3 rings (SSSR count). The Kier molecular flexibility index (Phi) is 11.3. The SMILES string of the molecule is Nc1ncnc2c1ncn2[C@@H]1O[C@H](COP(=O)(O)OP(=O)(O)OP(=O)(O)O)C(O)C1O.[Na].[Na]. The summed E-state index contributed by atoms with van der Waals surface area (Å²) in [5.41, 5.74) is 6.00. The molecular formula is C10H16N5Na2O13P3. The summed E-state index contributed by atoms with van der Waals surface area (Å²) in [6.45, 7) is -0.956. The van der Waals surface area contributed by atoms with Gasteiger partial charge in [-0.25, -0.2) is 28.6 Å². The Bertz CT molecular complexity index is 1120. The molecule has 0 amide bonds. The third-order valence-corrected chi connectivity index (χ3v) is 7.62. The third kappa shape index (κ3) is 8.06. The van der Waals surface area contributed by atoms with Gasteiger partial charge in [0.1, 0.15) is 30.2 Å². The number of fused-ring (bicyclic) bond motifs is 1. The van der Waals surface area contributed by atoms with Crippen LogP contribution < -0.4 is 5.73 Å². The van der Waals surface area contributed by atoms with Crippen LogP contribution >= 0.6 is 23.5 Å². The number of imidazole rings is 1. The predicted octanol–water partition coefficient (Wildman–Crippen LogP) is -2.39. The standard InChI is InChI=1S/C10H16N5O13P3.2Na/c11-8-5-9(13-2-12-8)15(3-14-5)10-7(17)6(16)4(26-10)1-25-30(21,22)28-31(23,24)27-29(18,19)20;;/h2-4,6-7,10,16-17H,1H2,(H,21,22)(H,23,24)(H2,11,12,13)(H2,18,19,20);;/t4-,6?,7?,10-;;/m1../s1. The van der Waals surface area contributed by atoms with Crippen molar-refractivity contribution in [1.29, 1.82) is 0 Å². The largest absolute Gasteiger partial charge is 0.490 e. The number of nitrogen functional groups attached to an aromatic ring is 1. The fourth-order valence-electron chi connectivity index (χ4n) is 2.62. The average Bonchev–Trinajstić information content (AvgIpc) is 3.13. The van der Waals surface area contributed by atoms with E-state index in [4.69, 9.17) is 25.2 Å². The fourth-order valence-corrected chi connectivity index (χ4v) is 5.65. The summed E-state index contributed by atoms with van der Waals surface area (Å²) in [6.07, 6.45) is -3.69. The molecule has 3 heterocycles. The number of anilines is 1. The summed E-state index contributed by atoms with van der Waals surface area (Å²) in [5.74, 6) is 0.0426. The number of aliphatic hydroxyl groups excluding tert-OH is 2. The molecule has 0 bridgehead atoms. The normalized spacial score (nSPS) is 26.7. The van der Waals surface area contributed by atoms with E-state index >= 15 is 0 Å². The summed E-state index contributed by atoms with van der Waals surface area (Å²) in [7, 11) is -16.7. The van der Waals surface area contributed by atoms with Gasteiger partial charge in [-0.1, -0.05) is 0 Å². The summed E-state index contributed by atoms with van der Waals surface area (Å²) in [6, 6.07) is 0. The maximum absolute atomic E-state index is 11.8. The second kappa shape index (κ2) is 11.8. The quantitative estimate of drug-likeness (QED) is 0.133. The van der Waals surface area contributed by atoms with Gasteiger partial charge in [-0.3, -0.25) is 9.09 Å². The van der Waals surface area contributed by atoms with Crippen LogP contribution in [-0.4, -0.2) is 133 Å². The molecule has 2 radical (unpaired) electrons. The molecule has 176 valence electrons. The molecule has 18 nitrogen and oxygen atoms in total. The number of aromatic nitrogens is 4. The predicted molar refractivity (Wildman–Crippen MR) is 107 cm³/mol. The van der Waals surface area contributed by atoms with Crippen LogP contribution in [0.15, 0.2) is 12.7 Å². The molecule has 2 aromatic rings. The molecule has 1 aliphatic heterocycles. The minimum absolute atomic E-state index is 0. The second-order valence-corrected chi connectivity index (χ2v) is 10.4. The van der Waals surface area contributed by atoms with Gasteiger partial charge >= 0.3 is 23.5 Å². The van der Waals surface area contributed by atoms with E-state index < -0.39 is 54.6 Å². The first-order valence-electron chi connectivity index (χ1n) is 7.92. The molecule has 23 heteroatoms. The monoisotopic (exact) mass is 553 g/mol. The van der Waals surface area contributed by atoms with Crippen molar-refractivity contribution in [2.45, 2.75) is 24.5 Å². The minimum atomic E-state index is -5.70. The molecule has 0 aromatic carbocycles. The summed E-state index contributed by atoms with van der Waals surface area (Å²) >= 11 is 0. The van der Waals surface area contributed by atoms with Crippen LogP contribution in [-0.2, 0) is 31.6 Å². The molecule has 0 aliphatic carbocycles. The summed E-state index contributed by atoms with van der Waals surface area (Å²) in [4.78, 5) is 47.2. The van der Waals surface area contributed by atoms with Crippen LogP contribution in [0.1, 0.15) is 6.23 Å². The van der Waals surface area contributed by atoms with Gasteiger partial charge in [0.2, 0.25) is 0 Å². The molecule has 33 heavy (non-hydrogen) atoms. The van der Waals surface area contributed by atoms with Gasteiger partial charge < -0.3 is 40.3 Å². The van der Waals surface area contributed by atoms with Gasteiger partial charge in [0.25, 0.3) is 0 Å². The average molecular weight is 553 g/mol. The molecule has 1 fully saturated rings. The van der Waals surface area contributed by atoms with E-state index in [1.165, 1.54) is 10.9 Å². The molecule has 2 aromatic heterocycles. The number of phosphoric acid groups is 3. The van der Waals surface area contributed by atoms with Crippen molar-refractivity contribution in [3.05, 3.63) is 12.7 Å². The van der Waals surface area contributed by atoms with Crippen molar-refractivity contribution in [2.24, 2.45) is 0 Å². The van der Waals surface area contributed by atoms with Crippen molar-refractivity contribution >= 4 is 99.6 Å². The molecule has 8 N–H and O–H groups in total. The second-order valence-electron chi connectivity index (χ2n) is 6.02. The number of ether oxygens (including phenoxy) is 1. The molecule has 0 spiro atoms. The maximum Gasteiger partial charge on any atom is 0.490 e. The van der Waals surface area contributed by atoms with Crippen molar-refractivity contribution in [2.75, 3.05) is 12.3 Å². The van der Waals surface area contributed by atoms with E-state index in [9.17, 15) is 28.8 Å². The van der Waals surface area contributed by atoms with Crippen molar-refractivity contribution in [3.8, 4) is 0 Å². The summed E-state index contributed by atoms with van der Waals surface area (Å²) < 4.78 is 51.9. The first-order chi connectivity index (χ1) is 14.2. The van der Waals surface area contributed by atoms with Gasteiger partial charge in [-0.2, -0.15) is 8.62 Å². The van der Waals surface area contributed by atoms with E-state index in [1.54, 1.807) is 0 Å². The molecule has 1 saturated heterocycles. The van der Waals surface area contributed by atoms with Crippen molar-refractivity contribution < 1.29 is 61.4 Å². The smallest absolute Gasteiger partial charge is 0.387 e. The Morgan fingerprint density at radius 1 is 1.00 bits per heavy atom.